The van der Waals surface area contributed by atoms with Crippen molar-refractivity contribution in [3.8, 4) is 17.2 Å². The Morgan fingerprint density at radius 2 is 1.40 bits per heavy atom. The van der Waals surface area contributed by atoms with Gasteiger partial charge in [-0.15, -0.1) is 0 Å². The number of carbonyl (C=O) groups is 2. The lowest BCUT2D eigenvalue weighted by molar-refractivity contribution is -0.180. The molecule has 6 nitrogen and oxygen atoms in total. The van der Waals surface area contributed by atoms with E-state index in [2.05, 4.69) is 0 Å². The molecule has 2 aliphatic rings. The maximum Gasteiger partial charge on any atom is 0.408 e. The predicted octanol–water partition coefficient (Wildman–Crippen LogP) is 4.98. The normalized spacial score (nSPS) is 16.5. The Kier molecular flexibility index (Phi) is 4.64. The van der Waals surface area contributed by atoms with Crippen LogP contribution in [0.5, 0.6) is 17.2 Å². The number of ether oxygens (including phenoxy) is 2. The lowest BCUT2D eigenvalue weighted by Crippen LogP contribution is -2.45. The molecule has 0 amide bonds. The van der Waals surface area contributed by atoms with E-state index in [1.54, 1.807) is 60.7 Å². The van der Waals surface area contributed by atoms with Crippen molar-refractivity contribution < 1.29 is 29.3 Å². The van der Waals surface area contributed by atoms with E-state index in [4.69, 9.17) is 9.47 Å². The van der Waals surface area contributed by atoms with E-state index in [9.17, 15) is 19.8 Å². The van der Waals surface area contributed by atoms with Crippen LogP contribution < -0.4 is 4.74 Å². The molecule has 0 spiro atoms. The number of phenols is 1. The van der Waals surface area contributed by atoms with Crippen molar-refractivity contribution in [1.82, 2.24) is 0 Å². The topological polar surface area (TPSA) is 92.7 Å². The third-order valence-electron chi connectivity index (χ3n) is 6.73. The van der Waals surface area contributed by atoms with Crippen molar-refractivity contribution in [2.24, 2.45) is 0 Å². The second-order valence-electron chi connectivity index (χ2n) is 8.64. The van der Waals surface area contributed by atoms with E-state index in [0.29, 0.717) is 34.6 Å². The summed E-state index contributed by atoms with van der Waals surface area (Å²) in [6, 6.07) is 25.6. The Balaban J connectivity index is 1.55. The van der Waals surface area contributed by atoms with Crippen molar-refractivity contribution in [2.45, 2.75) is 17.9 Å². The third-order valence-corrected chi connectivity index (χ3v) is 6.73. The number of benzene rings is 4. The number of esters is 1. The van der Waals surface area contributed by atoms with Crippen LogP contribution in [0.15, 0.2) is 91.0 Å². The molecule has 1 aliphatic carbocycles. The zero-order valence-electron chi connectivity index (χ0n) is 18.4. The third kappa shape index (κ3) is 3.03. The molecular weight excluding hydrogens is 444 g/mol. The van der Waals surface area contributed by atoms with Crippen LogP contribution in [0.2, 0.25) is 0 Å². The van der Waals surface area contributed by atoms with Gasteiger partial charge in [-0.2, -0.15) is 0 Å². The smallest absolute Gasteiger partial charge is 0.408 e. The summed E-state index contributed by atoms with van der Waals surface area (Å²) in [6.45, 7) is 0. The Hall–Kier alpha value is -4.58. The number of aromatic hydroxyl groups is 1. The number of phenolic OH excluding ortho intramolecular Hbond substituents is 1. The maximum atomic E-state index is 14.0. The van der Waals surface area contributed by atoms with Crippen LogP contribution in [-0.2, 0) is 31.5 Å². The van der Waals surface area contributed by atoms with E-state index in [1.807, 2.05) is 24.3 Å². The molecule has 0 aromatic heterocycles. The first-order valence-corrected chi connectivity index (χ1v) is 11.2. The summed E-state index contributed by atoms with van der Waals surface area (Å²) in [4.78, 5) is 26.9. The van der Waals surface area contributed by atoms with Gasteiger partial charge in [0, 0.05) is 16.7 Å². The summed E-state index contributed by atoms with van der Waals surface area (Å²) < 4.78 is 12.0. The van der Waals surface area contributed by atoms with Gasteiger partial charge in [-0.05, 0) is 35.7 Å². The first kappa shape index (κ1) is 21.0. The first-order chi connectivity index (χ1) is 17.0. The lowest BCUT2D eigenvalue weighted by atomic mass is 9.74. The minimum atomic E-state index is -2.15. The van der Waals surface area contributed by atoms with Gasteiger partial charge in [0.2, 0.25) is 0 Å². The molecule has 35 heavy (non-hydrogen) atoms. The molecule has 0 saturated heterocycles. The Labute approximate surface area is 201 Å². The van der Waals surface area contributed by atoms with Gasteiger partial charge in [-0.1, -0.05) is 72.8 Å². The lowest BCUT2D eigenvalue weighted by Gasteiger charge is -2.37. The highest BCUT2D eigenvalue weighted by atomic mass is 16.6. The summed E-state index contributed by atoms with van der Waals surface area (Å²) in [6.07, 6.45) is 0.503. The molecule has 171 valence electrons. The van der Waals surface area contributed by atoms with Crippen LogP contribution in [0, 0.1) is 0 Å². The number of fused-ring (bicyclic) bond motifs is 4. The highest BCUT2D eigenvalue weighted by molar-refractivity contribution is 5.93. The molecule has 1 atom stereocenters. The van der Waals surface area contributed by atoms with Gasteiger partial charge in [0.05, 0.1) is 5.56 Å². The summed E-state index contributed by atoms with van der Waals surface area (Å²) in [7, 11) is 0. The van der Waals surface area contributed by atoms with Crippen LogP contribution in [0.1, 0.15) is 39.3 Å². The molecule has 0 saturated carbocycles. The van der Waals surface area contributed by atoms with Crippen molar-refractivity contribution in [3.05, 3.63) is 124 Å². The van der Waals surface area contributed by atoms with Crippen molar-refractivity contribution >= 4 is 11.9 Å². The molecule has 0 fully saturated rings. The fourth-order valence-electron chi connectivity index (χ4n) is 5.21. The van der Waals surface area contributed by atoms with Crippen LogP contribution >= 0.6 is 0 Å². The second-order valence-corrected chi connectivity index (χ2v) is 8.64. The molecule has 1 unspecified atom stereocenters. The van der Waals surface area contributed by atoms with Crippen molar-refractivity contribution in [3.63, 3.8) is 0 Å². The van der Waals surface area contributed by atoms with E-state index >= 15 is 0 Å². The van der Waals surface area contributed by atoms with Gasteiger partial charge in [0.25, 0.3) is 5.60 Å². The van der Waals surface area contributed by atoms with Gasteiger partial charge in [-0.3, -0.25) is 4.79 Å². The zero-order valence-corrected chi connectivity index (χ0v) is 18.4. The summed E-state index contributed by atoms with van der Waals surface area (Å²) in [5.41, 5.74) is 0.715. The fourth-order valence-corrected chi connectivity index (χ4v) is 5.21. The molecule has 1 heterocycles. The molecule has 1 radical (unpaired) electrons. The largest absolute Gasteiger partial charge is 0.507 e. The van der Waals surface area contributed by atoms with Gasteiger partial charge in [0.1, 0.15) is 23.2 Å². The van der Waals surface area contributed by atoms with Crippen LogP contribution in [0.3, 0.4) is 0 Å². The monoisotopic (exact) mass is 463 g/mol. The molecule has 1 aliphatic heterocycles. The summed E-state index contributed by atoms with van der Waals surface area (Å²) in [5, 5.41) is 23.6. The molecule has 6 rings (SSSR count). The van der Waals surface area contributed by atoms with Crippen molar-refractivity contribution in [1.29, 1.82) is 0 Å². The van der Waals surface area contributed by atoms with E-state index in [1.165, 1.54) is 6.07 Å². The van der Waals surface area contributed by atoms with Gasteiger partial charge >= 0.3 is 11.9 Å². The average molecular weight is 463 g/mol. The number of carbonyl (C=O) groups excluding carboxylic acids is 2. The second kappa shape index (κ2) is 7.74. The highest BCUT2D eigenvalue weighted by Gasteiger charge is 2.53. The minimum Gasteiger partial charge on any atom is -0.507 e. The number of hydrogen-bond acceptors (Lipinski definition) is 5. The van der Waals surface area contributed by atoms with E-state index in [0.717, 1.165) is 11.1 Å². The van der Waals surface area contributed by atoms with E-state index < -0.39 is 23.5 Å². The minimum absolute atomic E-state index is 0.147. The first-order valence-electron chi connectivity index (χ1n) is 11.2. The summed E-state index contributed by atoms with van der Waals surface area (Å²) in [5.74, 6) is -2.89. The van der Waals surface area contributed by atoms with Gasteiger partial charge in [-0.25, -0.2) is 9.90 Å². The van der Waals surface area contributed by atoms with Crippen molar-refractivity contribution in [2.75, 3.05) is 0 Å². The fraction of sp³-hybridized carbons (Fsp3) is 0.103. The Bertz CT molecular complexity index is 1460. The molecular formula is C29H19O6. The Morgan fingerprint density at radius 1 is 0.800 bits per heavy atom. The molecule has 6 heteroatoms. The number of hydrogen-bond donors (Lipinski definition) is 1. The zero-order chi connectivity index (χ0) is 24.2. The van der Waals surface area contributed by atoms with Crippen LogP contribution in [0.25, 0.3) is 0 Å². The van der Waals surface area contributed by atoms with Crippen LogP contribution in [0.4, 0.5) is 0 Å². The Morgan fingerprint density at radius 3 is 2.09 bits per heavy atom. The van der Waals surface area contributed by atoms with Gasteiger partial charge in [0.15, 0.2) is 0 Å². The van der Waals surface area contributed by atoms with Crippen LogP contribution in [-0.4, -0.2) is 17.0 Å². The number of rotatable bonds is 3. The van der Waals surface area contributed by atoms with Gasteiger partial charge < -0.3 is 14.6 Å². The highest BCUT2D eigenvalue weighted by Crippen LogP contribution is 2.50. The predicted molar refractivity (Wildman–Crippen MR) is 125 cm³/mol. The molecule has 4 aromatic rings. The van der Waals surface area contributed by atoms with E-state index in [-0.39, 0.29) is 11.3 Å². The molecule has 0 bridgehead atoms. The summed E-state index contributed by atoms with van der Waals surface area (Å²) >= 11 is 0. The average Bonchev–Trinajstić information content (AvgIpc) is 2.87. The SMILES string of the molecule is [O]C(=O)C1(OC(=O)C2c3ccccc3Oc3cccc(O)c32)c2ccccc2Cc2ccccc21. The number of para-hydroxylation sites is 1. The quantitative estimate of drug-likeness (QED) is 0.433. The maximum absolute atomic E-state index is 14.0. The standard InChI is InChI=1S/C29H19O6/c30-22-13-7-15-24-26(22)25(19-10-3-6-14-23(19)34-24)27(31)35-29(28(32)33)20-11-4-1-8-17(20)16-18-9-2-5-12-21(18)29/h1-15,25,30H,16H2. The molecule has 4 aromatic carbocycles. The molecule has 1 N–H and O–H groups in total.